The van der Waals surface area contributed by atoms with Gasteiger partial charge in [0, 0.05) is 20.2 Å². The van der Waals surface area contributed by atoms with Crippen molar-refractivity contribution in [3.05, 3.63) is 0 Å². The summed E-state index contributed by atoms with van der Waals surface area (Å²) in [5.74, 6) is 0. The molecule has 92 valence electrons. The standard InChI is InChI=1S/C12H28N2O/c1-4-6-8-14(9-7-5-2)11-12(10-13)15-3/h12H,4-11,13H2,1-3H3. The summed E-state index contributed by atoms with van der Waals surface area (Å²) in [6, 6.07) is 0. The van der Waals surface area contributed by atoms with Crippen molar-refractivity contribution in [2.45, 2.75) is 45.6 Å². The van der Waals surface area contributed by atoms with E-state index in [1.54, 1.807) is 7.11 Å². The molecule has 0 saturated carbocycles. The summed E-state index contributed by atoms with van der Waals surface area (Å²) in [5, 5.41) is 0. The number of nitrogens with zero attached hydrogens (tertiary/aromatic N) is 1. The van der Waals surface area contributed by atoms with E-state index in [1.165, 1.54) is 38.8 Å². The summed E-state index contributed by atoms with van der Waals surface area (Å²) >= 11 is 0. The quantitative estimate of drug-likeness (QED) is 0.606. The van der Waals surface area contributed by atoms with Crippen molar-refractivity contribution in [2.75, 3.05) is 33.3 Å². The maximum Gasteiger partial charge on any atom is 0.0820 e. The van der Waals surface area contributed by atoms with Crippen molar-refractivity contribution < 1.29 is 4.74 Å². The Morgan fingerprint density at radius 3 is 2.00 bits per heavy atom. The van der Waals surface area contributed by atoms with Gasteiger partial charge in [0.25, 0.3) is 0 Å². The van der Waals surface area contributed by atoms with Gasteiger partial charge in [-0.15, -0.1) is 0 Å². The molecule has 0 aliphatic rings. The second-order valence-electron chi connectivity index (χ2n) is 4.10. The molecule has 1 atom stereocenters. The largest absolute Gasteiger partial charge is 0.379 e. The molecule has 0 saturated heterocycles. The highest BCUT2D eigenvalue weighted by molar-refractivity contribution is 4.66. The minimum atomic E-state index is 0.193. The third kappa shape index (κ3) is 7.77. The average Bonchev–Trinajstić information content (AvgIpc) is 2.28. The first-order chi connectivity index (χ1) is 7.28. The van der Waals surface area contributed by atoms with Crippen molar-refractivity contribution >= 4 is 0 Å². The van der Waals surface area contributed by atoms with Crippen LogP contribution in [0.15, 0.2) is 0 Å². The zero-order valence-corrected chi connectivity index (χ0v) is 10.7. The van der Waals surface area contributed by atoms with Crippen LogP contribution in [0, 0.1) is 0 Å². The molecule has 0 aliphatic carbocycles. The molecular formula is C12H28N2O. The highest BCUT2D eigenvalue weighted by atomic mass is 16.5. The molecule has 0 radical (unpaired) electrons. The van der Waals surface area contributed by atoms with Gasteiger partial charge in [0.1, 0.15) is 0 Å². The molecule has 3 nitrogen and oxygen atoms in total. The maximum absolute atomic E-state index is 5.64. The van der Waals surface area contributed by atoms with E-state index in [0.717, 1.165) is 6.54 Å². The Balaban J connectivity index is 3.86. The van der Waals surface area contributed by atoms with Crippen LogP contribution in [0.1, 0.15) is 39.5 Å². The van der Waals surface area contributed by atoms with Crippen LogP contribution in [0.2, 0.25) is 0 Å². The zero-order chi connectivity index (χ0) is 11.5. The lowest BCUT2D eigenvalue weighted by molar-refractivity contribution is 0.0688. The average molecular weight is 216 g/mol. The van der Waals surface area contributed by atoms with Gasteiger partial charge >= 0.3 is 0 Å². The van der Waals surface area contributed by atoms with E-state index in [0.29, 0.717) is 6.54 Å². The molecule has 0 heterocycles. The third-order valence-electron chi connectivity index (χ3n) is 2.71. The zero-order valence-electron chi connectivity index (χ0n) is 10.7. The summed E-state index contributed by atoms with van der Waals surface area (Å²) in [5.41, 5.74) is 5.64. The molecule has 0 rings (SSSR count). The number of methoxy groups -OCH3 is 1. The van der Waals surface area contributed by atoms with Crippen LogP contribution < -0.4 is 5.73 Å². The van der Waals surface area contributed by atoms with Crippen molar-refractivity contribution in [2.24, 2.45) is 5.73 Å². The first kappa shape index (κ1) is 14.9. The molecular weight excluding hydrogens is 188 g/mol. The van der Waals surface area contributed by atoms with E-state index < -0.39 is 0 Å². The predicted octanol–water partition coefficient (Wildman–Crippen LogP) is 1.86. The second-order valence-corrected chi connectivity index (χ2v) is 4.10. The van der Waals surface area contributed by atoms with E-state index in [4.69, 9.17) is 10.5 Å². The summed E-state index contributed by atoms with van der Waals surface area (Å²) in [7, 11) is 1.75. The van der Waals surface area contributed by atoms with Gasteiger partial charge in [-0.3, -0.25) is 0 Å². The number of hydrogen-bond donors (Lipinski definition) is 1. The molecule has 2 N–H and O–H groups in total. The lowest BCUT2D eigenvalue weighted by atomic mass is 10.2. The molecule has 0 aromatic carbocycles. The normalized spacial score (nSPS) is 13.4. The summed E-state index contributed by atoms with van der Waals surface area (Å²) in [6.07, 6.45) is 5.24. The van der Waals surface area contributed by atoms with Gasteiger partial charge in [-0.25, -0.2) is 0 Å². The van der Waals surface area contributed by atoms with Crippen LogP contribution in [0.4, 0.5) is 0 Å². The second kappa shape index (κ2) is 10.4. The molecule has 0 aromatic heterocycles. The van der Waals surface area contributed by atoms with Crippen molar-refractivity contribution in [1.82, 2.24) is 4.90 Å². The van der Waals surface area contributed by atoms with Crippen LogP contribution in [0.3, 0.4) is 0 Å². The molecule has 0 amide bonds. The van der Waals surface area contributed by atoms with Gasteiger partial charge < -0.3 is 15.4 Å². The number of rotatable bonds is 10. The maximum atomic E-state index is 5.64. The Bertz CT molecular complexity index is 119. The topological polar surface area (TPSA) is 38.5 Å². The molecule has 3 heteroatoms. The number of nitrogens with two attached hydrogens (primary N) is 1. The SMILES string of the molecule is CCCCN(CCCC)CC(CN)OC. The molecule has 15 heavy (non-hydrogen) atoms. The van der Waals surface area contributed by atoms with Gasteiger partial charge in [-0.2, -0.15) is 0 Å². The molecule has 0 aliphatic heterocycles. The van der Waals surface area contributed by atoms with E-state index in [2.05, 4.69) is 18.7 Å². The fraction of sp³-hybridized carbons (Fsp3) is 1.00. The monoisotopic (exact) mass is 216 g/mol. The molecule has 0 bridgehead atoms. The van der Waals surface area contributed by atoms with Gasteiger partial charge in [0.2, 0.25) is 0 Å². The summed E-state index contributed by atoms with van der Waals surface area (Å²) in [4.78, 5) is 2.48. The Hall–Kier alpha value is -0.120. The first-order valence-corrected chi connectivity index (χ1v) is 6.23. The third-order valence-corrected chi connectivity index (χ3v) is 2.71. The van der Waals surface area contributed by atoms with E-state index in [9.17, 15) is 0 Å². The van der Waals surface area contributed by atoms with Crippen LogP contribution in [0.5, 0.6) is 0 Å². The predicted molar refractivity (Wildman–Crippen MR) is 66.1 cm³/mol. The van der Waals surface area contributed by atoms with Crippen molar-refractivity contribution in [1.29, 1.82) is 0 Å². The number of ether oxygens (including phenoxy) is 1. The Kier molecular flexibility index (Phi) is 10.3. The van der Waals surface area contributed by atoms with E-state index >= 15 is 0 Å². The summed E-state index contributed by atoms with van der Waals surface area (Å²) in [6.45, 7) is 8.41. The Labute approximate surface area is 95.0 Å². The highest BCUT2D eigenvalue weighted by Crippen LogP contribution is 2.01. The molecule has 0 aromatic rings. The number of unbranched alkanes of at least 4 members (excludes halogenated alkanes) is 2. The minimum Gasteiger partial charge on any atom is -0.379 e. The van der Waals surface area contributed by atoms with Crippen LogP contribution in [-0.4, -0.2) is 44.3 Å². The van der Waals surface area contributed by atoms with E-state index in [-0.39, 0.29) is 6.10 Å². The van der Waals surface area contributed by atoms with Gasteiger partial charge in [0.05, 0.1) is 6.10 Å². The van der Waals surface area contributed by atoms with Gasteiger partial charge in [-0.1, -0.05) is 26.7 Å². The lowest BCUT2D eigenvalue weighted by Crippen LogP contribution is -2.38. The van der Waals surface area contributed by atoms with Crippen molar-refractivity contribution in [3.8, 4) is 0 Å². The molecule has 1 unspecified atom stereocenters. The van der Waals surface area contributed by atoms with Crippen LogP contribution in [0.25, 0.3) is 0 Å². The van der Waals surface area contributed by atoms with E-state index in [1.807, 2.05) is 0 Å². The Morgan fingerprint density at radius 1 is 1.13 bits per heavy atom. The van der Waals surface area contributed by atoms with Gasteiger partial charge in [0.15, 0.2) is 0 Å². The highest BCUT2D eigenvalue weighted by Gasteiger charge is 2.11. The number of hydrogen-bond acceptors (Lipinski definition) is 3. The van der Waals surface area contributed by atoms with Crippen LogP contribution >= 0.6 is 0 Å². The molecule has 0 fully saturated rings. The lowest BCUT2D eigenvalue weighted by Gasteiger charge is -2.25. The Morgan fingerprint density at radius 2 is 1.67 bits per heavy atom. The van der Waals surface area contributed by atoms with Crippen LogP contribution in [-0.2, 0) is 4.74 Å². The summed E-state index contributed by atoms with van der Waals surface area (Å²) < 4.78 is 5.32. The minimum absolute atomic E-state index is 0.193. The smallest absolute Gasteiger partial charge is 0.0820 e. The molecule has 0 spiro atoms. The van der Waals surface area contributed by atoms with Gasteiger partial charge in [-0.05, 0) is 25.9 Å². The van der Waals surface area contributed by atoms with Crippen molar-refractivity contribution in [3.63, 3.8) is 0 Å². The first-order valence-electron chi connectivity index (χ1n) is 6.23. The fourth-order valence-electron chi connectivity index (χ4n) is 1.59. The fourth-order valence-corrected chi connectivity index (χ4v) is 1.59.